The summed E-state index contributed by atoms with van der Waals surface area (Å²) in [7, 11) is 1.53. The molecule has 1 N–H and O–H groups in total. The van der Waals surface area contributed by atoms with E-state index in [1.54, 1.807) is 0 Å². The van der Waals surface area contributed by atoms with Crippen molar-refractivity contribution in [1.29, 1.82) is 0 Å². The maximum atomic E-state index is 6.38. The van der Waals surface area contributed by atoms with E-state index in [4.69, 9.17) is 18.9 Å². The Hall–Kier alpha value is 0.234. The molecule has 7 heteroatoms. The minimum Gasteiger partial charge on any atom is -0.353 e. The van der Waals surface area contributed by atoms with E-state index in [9.17, 15) is 0 Å². The second-order valence-corrected chi connectivity index (χ2v) is 11.9. The Kier molecular flexibility index (Phi) is 13.7. The Morgan fingerprint density at radius 1 is 0.586 bits per heavy atom. The summed E-state index contributed by atoms with van der Waals surface area (Å²) in [5, 5.41) is 3.83. The molecule has 0 saturated heterocycles. The lowest BCUT2D eigenvalue weighted by atomic mass is 9.94. The van der Waals surface area contributed by atoms with Gasteiger partial charge >= 0.3 is 0 Å². The van der Waals surface area contributed by atoms with Crippen LogP contribution in [-0.4, -0.2) is 68.8 Å². The molecule has 0 spiro atoms. The average Bonchev–Trinajstić information content (AvgIpc) is 2.62. The normalized spacial score (nSPS) is 17.4. The van der Waals surface area contributed by atoms with Crippen molar-refractivity contribution in [3.63, 3.8) is 0 Å². The predicted octanol–water partition coefficient (Wildman–Crippen LogP) is 2.66. The summed E-state index contributed by atoms with van der Waals surface area (Å²) in [5.41, 5.74) is -1.98. The molecule has 0 radical (unpaired) electrons. The topological polar surface area (TPSA) is 49.0 Å². The first-order valence-electron chi connectivity index (χ1n) is 11.8. The fourth-order valence-electron chi connectivity index (χ4n) is 3.60. The Bertz CT molecular complexity index is 399. The van der Waals surface area contributed by atoms with Gasteiger partial charge in [0.25, 0.3) is 0 Å². The number of ether oxygens (including phenoxy) is 4. The third-order valence-electron chi connectivity index (χ3n) is 5.99. The van der Waals surface area contributed by atoms with Crippen LogP contribution in [0.3, 0.4) is 0 Å². The van der Waals surface area contributed by atoms with Gasteiger partial charge in [0.05, 0.1) is 31.6 Å². The molecule has 2 unspecified atom stereocenters. The van der Waals surface area contributed by atoms with E-state index in [1.165, 1.54) is 25.7 Å². The van der Waals surface area contributed by atoms with Crippen molar-refractivity contribution in [2.75, 3.05) is 26.4 Å². The number of hydrogen-bond donors (Lipinski definition) is 1. The molecule has 0 aromatic rings. The second kappa shape index (κ2) is 13.6. The predicted molar refractivity (Wildman–Crippen MR) is 131 cm³/mol. The molecule has 0 rings (SSSR count). The molecule has 0 aliphatic carbocycles. The molecule has 0 amide bonds. The highest BCUT2D eigenvalue weighted by atomic mass is 28.2. The Balaban J connectivity index is 5.42. The smallest absolute Gasteiger partial charge is 0.158 e. The van der Waals surface area contributed by atoms with Crippen molar-refractivity contribution in [3.8, 4) is 0 Å². The third-order valence-corrected chi connectivity index (χ3v) is 9.64. The summed E-state index contributed by atoms with van der Waals surface area (Å²) in [4.78, 5) is 0. The van der Waals surface area contributed by atoms with Crippen LogP contribution in [0.25, 0.3) is 0 Å². The first-order chi connectivity index (χ1) is 13.4. The zero-order valence-electron chi connectivity index (χ0n) is 21.2. The fourth-order valence-corrected chi connectivity index (χ4v) is 4.84. The van der Waals surface area contributed by atoms with Crippen molar-refractivity contribution in [3.05, 3.63) is 0 Å². The summed E-state index contributed by atoms with van der Waals surface area (Å²) < 4.78 is 25.2. The van der Waals surface area contributed by atoms with Crippen LogP contribution in [0.15, 0.2) is 0 Å². The standard InChI is InChI=1S/C22H51NO4Si2/c1-9-13-15-17-26-21(28,24-11-3)19(5,6)23-20(7,8)22(29,25-12-4)27-18-16-14-10-2/h23H,9-18H2,1-8,28-29H3. The summed E-state index contributed by atoms with van der Waals surface area (Å²) in [6.45, 7) is 20.0. The highest BCUT2D eigenvalue weighted by molar-refractivity contribution is 6.15. The van der Waals surface area contributed by atoms with Crippen LogP contribution in [0.4, 0.5) is 0 Å². The molecule has 0 saturated carbocycles. The minimum atomic E-state index is -0.607. The van der Waals surface area contributed by atoms with Gasteiger partial charge in [0.2, 0.25) is 0 Å². The zero-order chi connectivity index (χ0) is 22.6. The Labute approximate surface area is 187 Å². The molecule has 0 heterocycles. The van der Waals surface area contributed by atoms with Crippen LogP contribution in [0.1, 0.15) is 93.9 Å². The van der Waals surface area contributed by atoms with Gasteiger partial charge in [-0.1, -0.05) is 39.5 Å². The van der Waals surface area contributed by atoms with E-state index in [-0.39, 0.29) is 11.1 Å². The van der Waals surface area contributed by atoms with Gasteiger partial charge in [-0.25, -0.2) is 0 Å². The van der Waals surface area contributed by atoms with Gasteiger partial charge in [0.15, 0.2) is 10.8 Å². The van der Waals surface area contributed by atoms with Gasteiger partial charge in [-0.05, 0) is 54.4 Å². The van der Waals surface area contributed by atoms with E-state index in [1.807, 2.05) is 13.8 Å². The summed E-state index contributed by atoms with van der Waals surface area (Å²) in [6.07, 6.45) is 6.88. The van der Waals surface area contributed by atoms with Crippen LogP contribution in [0.2, 0.25) is 0 Å². The van der Waals surface area contributed by atoms with Crippen molar-refractivity contribution in [1.82, 2.24) is 5.32 Å². The van der Waals surface area contributed by atoms with Gasteiger partial charge in [-0.2, -0.15) is 0 Å². The molecule has 0 fully saturated rings. The van der Waals surface area contributed by atoms with Crippen molar-refractivity contribution in [2.24, 2.45) is 0 Å². The maximum Gasteiger partial charge on any atom is 0.158 e. The van der Waals surface area contributed by atoms with Gasteiger partial charge in [0, 0.05) is 26.4 Å². The molecule has 0 aromatic heterocycles. The van der Waals surface area contributed by atoms with Gasteiger partial charge in [0.1, 0.15) is 0 Å². The quantitative estimate of drug-likeness (QED) is 0.198. The number of rotatable bonds is 18. The fraction of sp³-hybridized carbons (Fsp3) is 1.00. The molecule has 0 bridgehead atoms. The summed E-state index contributed by atoms with van der Waals surface area (Å²) in [5.74, 6) is 0. The lowest BCUT2D eigenvalue weighted by Gasteiger charge is -2.53. The van der Waals surface area contributed by atoms with E-state index in [0.717, 1.165) is 46.5 Å². The van der Waals surface area contributed by atoms with Crippen LogP contribution < -0.4 is 5.32 Å². The van der Waals surface area contributed by atoms with Crippen LogP contribution in [0, 0.1) is 0 Å². The molecule has 2 atom stereocenters. The monoisotopic (exact) mass is 449 g/mol. The minimum absolute atomic E-state index is 0.384. The summed E-state index contributed by atoms with van der Waals surface area (Å²) in [6, 6.07) is 0. The van der Waals surface area contributed by atoms with Gasteiger partial charge < -0.3 is 18.9 Å². The number of unbranched alkanes of at least 4 members (excludes halogenated alkanes) is 4. The second-order valence-electron chi connectivity index (χ2n) is 9.24. The maximum absolute atomic E-state index is 6.38. The highest BCUT2D eigenvalue weighted by Crippen LogP contribution is 2.33. The van der Waals surface area contributed by atoms with E-state index in [2.05, 4.69) is 46.9 Å². The van der Waals surface area contributed by atoms with E-state index < -0.39 is 10.8 Å². The Morgan fingerprint density at radius 3 is 1.21 bits per heavy atom. The van der Waals surface area contributed by atoms with E-state index >= 15 is 0 Å². The van der Waals surface area contributed by atoms with Gasteiger partial charge in [-0.15, -0.1) is 0 Å². The lowest BCUT2D eigenvalue weighted by molar-refractivity contribution is -0.246. The SMILES string of the molecule is CCCCCOC([SiH3])(OCC)C(C)(C)NC(C)(C)C([SiH3])(OCC)OCCCCC. The molecular formula is C22H51NO4Si2. The lowest BCUT2D eigenvalue weighted by Crippen LogP contribution is -2.73. The van der Waals surface area contributed by atoms with Crippen LogP contribution >= 0.6 is 0 Å². The first kappa shape index (κ1) is 29.2. The molecule has 0 aromatic carbocycles. The zero-order valence-corrected chi connectivity index (χ0v) is 25.2. The molecule has 29 heavy (non-hydrogen) atoms. The molecule has 5 nitrogen and oxygen atoms in total. The van der Waals surface area contributed by atoms with Crippen molar-refractivity contribution >= 4 is 20.5 Å². The number of nitrogens with one attached hydrogen (secondary N) is 1. The summed E-state index contributed by atoms with van der Waals surface area (Å²) >= 11 is 0. The van der Waals surface area contributed by atoms with E-state index in [0.29, 0.717) is 13.2 Å². The number of hydrogen-bond acceptors (Lipinski definition) is 5. The Morgan fingerprint density at radius 2 is 0.931 bits per heavy atom. The molecule has 0 aliphatic heterocycles. The van der Waals surface area contributed by atoms with Crippen LogP contribution in [0.5, 0.6) is 0 Å². The van der Waals surface area contributed by atoms with Gasteiger partial charge in [-0.3, -0.25) is 5.32 Å². The highest BCUT2D eigenvalue weighted by Gasteiger charge is 2.51. The first-order valence-corrected chi connectivity index (χ1v) is 13.8. The van der Waals surface area contributed by atoms with Crippen molar-refractivity contribution < 1.29 is 18.9 Å². The largest absolute Gasteiger partial charge is 0.353 e. The third kappa shape index (κ3) is 9.09. The average molecular weight is 450 g/mol. The van der Waals surface area contributed by atoms with Crippen LogP contribution in [-0.2, 0) is 18.9 Å². The molecular weight excluding hydrogens is 398 g/mol. The van der Waals surface area contributed by atoms with Crippen molar-refractivity contribution in [2.45, 2.75) is 116 Å². The molecule has 176 valence electrons. The molecule has 0 aliphatic rings.